The number of hydrogen-bond donors (Lipinski definition) is 2. The Labute approximate surface area is 239 Å². The molecule has 2 fully saturated rings. The number of methoxy groups -OCH3 is 2. The van der Waals surface area contributed by atoms with E-state index in [0.717, 1.165) is 11.1 Å². The molecule has 3 aromatic rings. The van der Waals surface area contributed by atoms with Gasteiger partial charge in [0.1, 0.15) is 53.9 Å². The first-order valence-electron chi connectivity index (χ1n) is 13.1. The molecule has 1 aromatic heterocycles. The van der Waals surface area contributed by atoms with Gasteiger partial charge in [0.25, 0.3) is 10.6 Å². The topological polar surface area (TPSA) is 183 Å². The standard InChI is InChI=1S/C27H30N4O11/c1-13-7-15(25-28-17-9-16(36-3)10-19(37-4)21(17)26(32)30-25)8-14(2)22(13)38-5-6-39-27(33)29-18-11-40-24-20(42-31(34)35)12-41-23(18)24/h7-10,18,20,23-24H,5-6,11-12H2,1-4H3,(H,29,33)(H,28,30,32). The molecule has 5 rings (SSSR count). The van der Waals surface area contributed by atoms with E-state index >= 15 is 0 Å². The summed E-state index contributed by atoms with van der Waals surface area (Å²) in [5.41, 5.74) is 2.36. The first kappa shape index (κ1) is 28.9. The molecule has 3 heterocycles. The molecule has 0 bridgehead atoms. The zero-order chi connectivity index (χ0) is 30.0. The van der Waals surface area contributed by atoms with Gasteiger partial charge < -0.3 is 43.6 Å². The molecule has 0 spiro atoms. The van der Waals surface area contributed by atoms with Crippen LogP contribution in [-0.4, -0.2) is 86.1 Å². The number of ether oxygens (including phenoxy) is 6. The molecular formula is C27H30N4O11. The van der Waals surface area contributed by atoms with Gasteiger partial charge in [-0.25, -0.2) is 9.78 Å². The fraction of sp³-hybridized carbons (Fsp3) is 0.444. The second-order valence-corrected chi connectivity index (χ2v) is 9.78. The molecule has 42 heavy (non-hydrogen) atoms. The summed E-state index contributed by atoms with van der Waals surface area (Å²) in [6.07, 6.45) is -2.76. The fourth-order valence-corrected chi connectivity index (χ4v) is 5.20. The van der Waals surface area contributed by atoms with E-state index in [0.29, 0.717) is 39.5 Å². The third-order valence-corrected chi connectivity index (χ3v) is 7.03. The molecule has 15 heteroatoms. The van der Waals surface area contributed by atoms with Gasteiger partial charge in [-0.15, -0.1) is 10.1 Å². The molecule has 1 amide bonds. The van der Waals surface area contributed by atoms with Gasteiger partial charge in [-0.1, -0.05) is 0 Å². The lowest BCUT2D eigenvalue weighted by Gasteiger charge is -2.18. The lowest BCUT2D eigenvalue weighted by molar-refractivity contribution is -0.769. The highest BCUT2D eigenvalue weighted by molar-refractivity contribution is 5.87. The number of aromatic nitrogens is 2. The van der Waals surface area contributed by atoms with E-state index in [-0.39, 0.29) is 32.0 Å². The number of rotatable bonds is 10. The summed E-state index contributed by atoms with van der Waals surface area (Å²) in [7, 11) is 3.00. The van der Waals surface area contributed by atoms with Crippen LogP contribution in [0.2, 0.25) is 0 Å². The van der Waals surface area contributed by atoms with E-state index in [1.165, 1.54) is 14.2 Å². The number of benzene rings is 2. The van der Waals surface area contributed by atoms with Crippen LogP contribution in [0.4, 0.5) is 4.79 Å². The Balaban J connectivity index is 1.18. The van der Waals surface area contributed by atoms with Crippen molar-refractivity contribution < 1.29 is 43.1 Å². The second kappa shape index (κ2) is 12.1. The van der Waals surface area contributed by atoms with Crippen molar-refractivity contribution in [1.29, 1.82) is 0 Å². The van der Waals surface area contributed by atoms with Gasteiger partial charge in [-0.2, -0.15) is 0 Å². The van der Waals surface area contributed by atoms with Crippen LogP contribution in [0.15, 0.2) is 29.1 Å². The molecule has 4 unspecified atom stereocenters. The van der Waals surface area contributed by atoms with Crippen LogP contribution < -0.4 is 25.1 Å². The van der Waals surface area contributed by atoms with Gasteiger partial charge >= 0.3 is 6.09 Å². The molecule has 2 aliphatic rings. The fourth-order valence-electron chi connectivity index (χ4n) is 5.20. The molecule has 0 radical (unpaired) electrons. The molecule has 0 saturated carbocycles. The highest BCUT2D eigenvalue weighted by Crippen LogP contribution is 2.32. The molecule has 2 aliphatic heterocycles. The number of fused-ring (bicyclic) bond motifs is 2. The molecule has 224 valence electrons. The van der Waals surface area contributed by atoms with E-state index in [9.17, 15) is 19.7 Å². The Kier molecular flexibility index (Phi) is 8.31. The Morgan fingerprint density at radius 3 is 2.52 bits per heavy atom. The van der Waals surface area contributed by atoms with Crippen LogP contribution in [0.25, 0.3) is 22.3 Å². The summed E-state index contributed by atoms with van der Waals surface area (Å²) >= 11 is 0. The van der Waals surface area contributed by atoms with Crippen LogP contribution >= 0.6 is 0 Å². The van der Waals surface area contributed by atoms with E-state index in [2.05, 4.69) is 20.1 Å². The third kappa shape index (κ3) is 5.87. The Hall–Kier alpha value is -4.63. The first-order chi connectivity index (χ1) is 20.2. The second-order valence-electron chi connectivity index (χ2n) is 9.78. The number of carbonyl (C=O) groups excluding carboxylic acids is 1. The largest absolute Gasteiger partial charge is 0.497 e. The monoisotopic (exact) mass is 586 g/mol. The number of hydrogen-bond acceptors (Lipinski definition) is 12. The van der Waals surface area contributed by atoms with Crippen molar-refractivity contribution in [2.24, 2.45) is 0 Å². The third-order valence-electron chi connectivity index (χ3n) is 7.03. The number of nitrogens with zero attached hydrogens (tertiary/aromatic N) is 2. The molecule has 0 aliphatic carbocycles. The predicted octanol–water partition coefficient (Wildman–Crippen LogP) is 2.07. The van der Waals surface area contributed by atoms with Crippen molar-refractivity contribution in [2.75, 3.05) is 40.6 Å². The number of carbonyl (C=O) groups is 1. The van der Waals surface area contributed by atoms with Gasteiger partial charge in [0, 0.05) is 17.7 Å². The Morgan fingerprint density at radius 1 is 1.10 bits per heavy atom. The molecule has 15 nitrogen and oxygen atoms in total. The van der Waals surface area contributed by atoms with E-state index < -0.39 is 35.5 Å². The van der Waals surface area contributed by atoms with Crippen LogP contribution in [0, 0.1) is 24.0 Å². The van der Waals surface area contributed by atoms with Crippen LogP contribution in [0.1, 0.15) is 11.1 Å². The minimum absolute atomic E-state index is 0.00855. The average molecular weight is 587 g/mol. The number of H-pyrrole nitrogens is 1. The summed E-state index contributed by atoms with van der Waals surface area (Å²) in [5.74, 6) is 1.86. The number of nitrogens with one attached hydrogen (secondary N) is 2. The number of aromatic amines is 1. The lowest BCUT2D eigenvalue weighted by Crippen LogP contribution is -2.44. The van der Waals surface area contributed by atoms with Gasteiger partial charge in [-0.05, 0) is 37.1 Å². The summed E-state index contributed by atoms with van der Waals surface area (Å²) in [5, 5.41) is 12.7. The van der Waals surface area contributed by atoms with Crippen LogP contribution in [0.5, 0.6) is 17.2 Å². The molecular weight excluding hydrogens is 556 g/mol. The number of alkyl carbamates (subject to hydrolysis) is 1. The lowest BCUT2D eigenvalue weighted by atomic mass is 10.0. The maximum Gasteiger partial charge on any atom is 0.407 e. The van der Waals surface area contributed by atoms with Crippen LogP contribution in [0.3, 0.4) is 0 Å². The van der Waals surface area contributed by atoms with Crippen molar-refractivity contribution in [3.8, 4) is 28.6 Å². The van der Waals surface area contributed by atoms with Crippen molar-refractivity contribution in [2.45, 2.75) is 38.2 Å². The zero-order valence-electron chi connectivity index (χ0n) is 23.3. The van der Waals surface area contributed by atoms with Crippen molar-refractivity contribution in [3.05, 3.63) is 55.9 Å². The number of amides is 1. The molecule has 4 atom stereocenters. The smallest absolute Gasteiger partial charge is 0.407 e. The zero-order valence-corrected chi connectivity index (χ0v) is 23.3. The Bertz CT molecular complexity index is 1540. The summed E-state index contributed by atoms with van der Waals surface area (Å²) < 4.78 is 32.8. The molecule has 2 saturated heterocycles. The highest BCUT2D eigenvalue weighted by atomic mass is 17.0. The van der Waals surface area contributed by atoms with Gasteiger partial charge in [-0.3, -0.25) is 4.79 Å². The molecule has 2 N–H and O–H groups in total. The molecule has 2 aromatic carbocycles. The minimum Gasteiger partial charge on any atom is -0.497 e. The van der Waals surface area contributed by atoms with Crippen molar-refractivity contribution in [1.82, 2.24) is 15.3 Å². The first-order valence-corrected chi connectivity index (χ1v) is 13.1. The maximum atomic E-state index is 12.9. The maximum absolute atomic E-state index is 12.9. The van der Waals surface area contributed by atoms with E-state index in [1.54, 1.807) is 12.1 Å². The summed E-state index contributed by atoms with van der Waals surface area (Å²) in [4.78, 5) is 47.9. The summed E-state index contributed by atoms with van der Waals surface area (Å²) in [6, 6.07) is 6.44. The van der Waals surface area contributed by atoms with Gasteiger partial charge in [0.15, 0.2) is 6.10 Å². The Morgan fingerprint density at radius 2 is 1.83 bits per heavy atom. The number of aryl methyl sites for hydroxylation is 2. The van der Waals surface area contributed by atoms with E-state index in [1.807, 2.05) is 26.0 Å². The quantitative estimate of drug-likeness (QED) is 0.201. The van der Waals surface area contributed by atoms with Crippen LogP contribution in [-0.2, 0) is 19.0 Å². The predicted molar refractivity (Wildman–Crippen MR) is 145 cm³/mol. The average Bonchev–Trinajstić information content (AvgIpc) is 3.53. The minimum atomic E-state index is -0.887. The van der Waals surface area contributed by atoms with Gasteiger partial charge in [0.05, 0.1) is 39.0 Å². The van der Waals surface area contributed by atoms with Gasteiger partial charge in [0.2, 0.25) is 0 Å². The van der Waals surface area contributed by atoms with E-state index in [4.69, 9.17) is 28.4 Å². The summed E-state index contributed by atoms with van der Waals surface area (Å²) in [6.45, 7) is 3.87. The SMILES string of the molecule is COc1cc(OC)c2c(=O)[nH]c(-c3cc(C)c(OCCOC(=O)NC4COC5C(O[N+](=O)[O-])COC45)c(C)c3)nc2c1. The van der Waals surface area contributed by atoms with Crippen molar-refractivity contribution >= 4 is 17.0 Å². The van der Waals surface area contributed by atoms with Crippen molar-refractivity contribution in [3.63, 3.8) is 0 Å². The normalized spacial score (nSPS) is 21.0. The highest BCUT2D eigenvalue weighted by Gasteiger charge is 2.50.